The Morgan fingerprint density at radius 1 is 1.16 bits per heavy atom. The minimum atomic E-state index is -2.68. The van der Waals surface area contributed by atoms with Crippen LogP contribution >= 0.6 is 11.6 Å². The Hall–Kier alpha value is -2.99. The van der Waals surface area contributed by atoms with E-state index in [0.717, 1.165) is 29.1 Å². The van der Waals surface area contributed by atoms with Crippen LogP contribution in [0.3, 0.4) is 0 Å². The molecule has 2 aliphatic rings. The van der Waals surface area contributed by atoms with Gasteiger partial charge >= 0.3 is 11.9 Å². The molecule has 1 saturated heterocycles. The predicted molar refractivity (Wildman–Crippen MR) is 166 cm³/mol. The largest absolute Gasteiger partial charge is 0.466 e. The van der Waals surface area contributed by atoms with E-state index < -0.39 is 29.1 Å². The number of fused-ring (bicyclic) bond motifs is 1. The number of halogens is 1. The lowest BCUT2D eigenvalue weighted by atomic mass is 9.82. The molecule has 2 aromatic rings. The minimum absolute atomic E-state index is 0.0367. The number of Topliss-reactive ketones (excluding diaryl/α,β-unsaturated/α-hetero) is 1. The van der Waals surface area contributed by atoms with Crippen molar-refractivity contribution in [3.05, 3.63) is 58.6 Å². The summed E-state index contributed by atoms with van der Waals surface area (Å²) >= 11 is 3.83. The number of nitrogens with zero attached hydrogens (tertiary/aromatic N) is 2. The van der Waals surface area contributed by atoms with Gasteiger partial charge in [-0.25, -0.2) is 9.00 Å². The van der Waals surface area contributed by atoms with Crippen LogP contribution in [0.15, 0.2) is 42.5 Å². The van der Waals surface area contributed by atoms with Crippen LogP contribution < -0.4 is 9.62 Å². The predicted octanol–water partition coefficient (Wildman–Crippen LogP) is 4.62. The van der Waals surface area contributed by atoms with Gasteiger partial charge in [0, 0.05) is 25.0 Å². The highest BCUT2D eigenvalue weighted by Gasteiger charge is 2.40. The van der Waals surface area contributed by atoms with E-state index in [2.05, 4.69) is 19.2 Å². The van der Waals surface area contributed by atoms with Crippen LogP contribution in [0.4, 0.5) is 11.4 Å². The smallest absolute Gasteiger partial charge is 0.377 e. The van der Waals surface area contributed by atoms with Crippen molar-refractivity contribution >= 4 is 52.0 Å². The number of ketones is 1. The van der Waals surface area contributed by atoms with Crippen LogP contribution in [0, 0.1) is 11.3 Å². The molecular formula is C31H40ClN3O7S. The second-order valence-corrected chi connectivity index (χ2v) is 13.3. The van der Waals surface area contributed by atoms with Gasteiger partial charge in [0.05, 0.1) is 18.0 Å². The number of hydrogen-bond acceptors (Lipinski definition) is 8. The summed E-state index contributed by atoms with van der Waals surface area (Å²) in [5.41, 5.74) is 2.40. The van der Waals surface area contributed by atoms with Gasteiger partial charge in [0.25, 0.3) is 17.0 Å². The Kier molecular flexibility index (Phi) is 11.2. The maximum absolute atomic E-state index is 13.8. The van der Waals surface area contributed by atoms with Gasteiger partial charge in [-0.2, -0.15) is 0 Å². The second kappa shape index (κ2) is 14.7. The molecule has 43 heavy (non-hydrogen) atoms. The number of ether oxygens (including phenoxy) is 2. The first kappa shape index (κ1) is 32.9. The molecule has 2 aliphatic heterocycles. The number of piperidine rings is 1. The highest BCUT2D eigenvalue weighted by atomic mass is 35.5. The van der Waals surface area contributed by atoms with E-state index in [4.69, 9.17) is 21.1 Å². The van der Waals surface area contributed by atoms with Gasteiger partial charge in [-0.1, -0.05) is 55.8 Å². The Morgan fingerprint density at radius 3 is 2.51 bits per heavy atom. The lowest BCUT2D eigenvalue weighted by Gasteiger charge is -2.39. The summed E-state index contributed by atoms with van der Waals surface area (Å²) in [6, 6.07) is 11.1. The highest BCUT2D eigenvalue weighted by molar-refractivity contribution is 7.80. The molecule has 0 amide bonds. The number of rotatable bonds is 12. The molecule has 2 unspecified atom stereocenters. The van der Waals surface area contributed by atoms with Crippen LogP contribution in [-0.4, -0.2) is 70.2 Å². The first-order valence-corrected chi connectivity index (χ1v) is 15.9. The molecule has 2 atom stereocenters. The summed E-state index contributed by atoms with van der Waals surface area (Å²) in [5, 5.41) is 3.72. The molecule has 0 saturated carbocycles. The van der Waals surface area contributed by atoms with E-state index in [-0.39, 0.29) is 30.2 Å². The number of carbonyl (C=O) groups is 3. The summed E-state index contributed by atoms with van der Waals surface area (Å²) in [6.07, 6.45) is 3.01. The van der Waals surface area contributed by atoms with Crippen LogP contribution in [0.25, 0.3) is 0 Å². The molecule has 0 aliphatic carbocycles. The molecule has 1 fully saturated rings. The monoisotopic (exact) mass is 633 g/mol. The van der Waals surface area contributed by atoms with E-state index >= 15 is 0 Å². The Morgan fingerprint density at radius 2 is 1.86 bits per heavy atom. The normalized spacial score (nSPS) is 18.1. The fourth-order valence-corrected chi connectivity index (χ4v) is 6.62. The molecule has 10 nitrogen and oxygen atoms in total. The number of carbonyl (C=O) groups excluding carboxylic acids is 3. The zero-order valence-corrected chi connectivity index (χ0v) is 26.4. The molecule has 2 aromatic carbocycles. The maximum atomic E-state index is 13.8. The number of esters is 2. The Balaban J connectivity index is 1.60. The Labute approximate surface area is 260 Å². The number of anilines is 2. The average molecular weight is 634 g/mol. The molecular weight excluding hydrogens is 594 g/mol. The SMILES string of the molecule is CC(=O)OCCC1CCN(CC(C(=O)C(=O)OCc2ccccc2)N(c2cc(Cl)cc3c2NCC(C)(C)C3)S(=O)O)CC1. The van der Waals surface area contributed by atoms with E-state index in [9.17, 15) is 23.1 Å². The van der Waals surface area contributed by atoms with Crippen molar-refractivity contribution in [2.45, 2.75) is 59.1 Å². The van der Waals surface area contributed by atoms with Crippen molar-refractivity contribution in [2.24, 2.45) is 11.3 Å². The van der Waals surface area contributed by atoms with E-state index in [1.54, 1.807) is 30.3 Å². The van der Waals surface area contributed by atoms with Crippen LogP contribution in [0.5, 0.6) is 0 Å². The molecule has 2 heterocycles. The lowest BCUT2D eigenvalue weighted by molar-refractivity contribution is -0.155. The van der Waals surface area contributed by atoms with E-state index in [0.29, 0.717) is 54.9 Å². The zero-order chi connectivity index (χ0) is 31.1. The van der Waals surface area contributed by atoms with Crippen molar-refractivity contribution < 1.29 is 32.6 Å². The molecule has 0 radical (unpaired) electrons. The van der Waals surface area contributed by atoms with Crippen molar-refractivity contribution in [1.29, 1.82) is 0 Å². The van der Waals surface area contributed by atoms with E-state index in [1.165, 1.54) is 6.92 Å². The number of benzene rings is 2. The number of likely N-dealkylation sites (tertiary alicyclic amines) is 1. The van der Waals surface area contributed by atoms with Gasteiger partial charge in [0.15, 0.2) is 0 Å². The van der Waals surface area contributed by atoms with Crippen LogP contribution in [0.1, 0.15) is 51.2 Å². The molecule has 0 aromatic heterocycles. The quantitative estimate of drug-likeness (QED) is 0.196. The summed E-state index contributed by atoms with van der Waals surface area (Å²) in [5.74, 6) is -1.96. The third-order valence-corrected chi connectivity index (χ3v) is 8.96. The lowest BCUT2D eigenvalue weighted by Crippen LogP contribution is -2.53. The van der Waals surface area contributed by atoms with Crippen LogP contribution in [0.2, 0.25) is 5.02 Å². The zero-order valence-electron chi connectivity index (χ0n) is 24.8. The van der Waals surface area contributed by atoms with Gasteiger partial charge < -0.3 is 19.7 Å². The van der Waals surface area contributed by atoms with Crippen molar-refractivity contribution in [3.8, 4) is 0 Å². The van der Waals surface area contributed by atoms with Gasteiger partial charge in [-0.3, -0.25) is 18.4 Å². The fraction of sp³-hybridized carbons (Fsp3) is 0.516. The molecule has 4 rings (SSSR count). The fourth-order valence-electron chi connectivity index (χ4n) is 5.70. The minimum Gasteiger partial charge on any atom is -0.466 e. The van der Waals surface area contributed by atoms with Gasteiger partial charge in [-0.15, -0.1) is 0 Å². The van der Waals surface area contributed by atoms with Crippen molar-refractivity contribution in [1.82, 2.24) is 4.90 Å². The van der Waals surface area contributed by atoms with Gasteiger partial charge in [-0.05, 0) is 73.4 Å². The second-order valence-electron chi connectivity index (χ2n) is 12.0. The summed E-state index contributed by atoms with van der Waals surface area (Å²) < 4.78 is 35.2. The molecule has 12 heteroatoms. The molecule has 0 spiro atoms. The third kappa shape index (κ3) is 9.01. The third-order valence-electron chi connectivity index (χ3n) is 7.95. The first-order chi connectivity index (χ1) is 20.4. The standard InChI is InChI=1S/C31H40ClN3O7S/c1-21(36)41-14-11-22-9-12-34(13-10-22)18-27(29(37)30(38)42-19-23-7-5-4-6-8-23)35(43(39)40)26-16-25(32)15-24-17-31(2,3)20-33-28(24)26/h4-8,15-16,22,27,33H,9-14,17-20H2,1-3H3,(H,39,40). The van der Waals surface area contributed by atoms with Crippen molar-refractivity contribution in [2.75, 3.05) is 42.4 Å². The average Bonchev–Trinajstić information content (AvgIpc) is 2.95. The highest BCUT2D eigenvalue weighted by Crippen LogP contribution is 2.42. The molecule has 2 N–H and O–H groups in total. The van der Waals surface area contributed by atoms with Gasteiger partial charge in [0.1, 0.15) is 12.6 Å². The topological polar surface area (TPSA) is 125 Å². The molecule has 0 bridgehead atoms. The van der Waals surface area contributed by atoms with Crippen LogP contribution in [-0.2, 0) is 48.2 Å². The summed E-state index contributed by atoms with van der Waals surface area (Å²) in [6.45, 7) is 7.72. The number of hydrogen-bond donors (Lipinski definition) is 2. The summed E-state index contributed by atoms with van der Waals surface area (Å²) in [7, 11) is 0. The number of nitrogens with one attached hydrogen (secondary N) is 1. The molecule has 234 valence electrons. The van der Waals surface area contributed by atoms with Crippen molar-refractivity contribution in [3.63, 3.8) is 0 Å². The van der Waals surface area contributed by atoms with E-state index in [1.807, 2.05) is 17.0 Å². The maximum Gasteiger partial charge on any atom is 0.377 e. The summed E-state index contributed by atoms with van der Waals surface area (Å²) in [4.78, 5) is 40.1. The van der Waals surface area contributed by atoms with Gasteiger partial charge in [0.2, 0.25) is 0 Å². The first-order valence-electron chi connectivity index (χ1n) is 14.5. The Bertz CT molecular complexity index is 1330.